The second-order valence-electron chi connectivity index (χ2n) is 2.94. The molecule has 0 aromatic rings. The lowest BCUT2D eigenvalue weighted by atomic mass is 10.1. The summed E-state index contributed by atoms with van der Waals surface area (Å²) >= 11 is 0. The second-order valence-corrected chi connectivity index (χ2v) is 2.94. The molecule has 1 fully saturated rings. The van der Waals surface area contributed by atoms with Crippen molar-refractivity contribution in [2.24, 2.45) is 5.22 Å². The summed E-state index contributed by atoms with van der Waals surface area (Å²) < 4.78 is 0. The van der Waals surface area contributed by atoms with Crippen LogP contribution in [0.15, 0.2) is 17.5 Å². The van der Waals surface area contributed by atoms with Crippen molar-refractivity contribution in [3.05, 3.63) is 12.3 Å². The number of rotatable bonds is 3. The highest BCUT2D eigenvalue weighted by Gasteiger charge is 2.17. The third-order valence-corrected chi connectivity index (χ3v) is 2.10. The molecule has 0 aromatic heterocycles. The first-order valence-electron chi connectivity index (χ1n) is 4.37. The first kappa shape index (κ1) is 9.19. The van der Waals surface area contributed by atoms with Crippen LogP contribution in [0, 0.1) is 5.53 Å². The molecule has 0 aliphatic carbocycles. The molecule has 4 nitrogen and oxygen atoms in total. The topological polar surface area (TPSA) is 51.5 Å². The van der Waals surface area contributed by atoms with Crippen LogP contribution in [-0.4, -0.2) is 24.1 Å². The molecular formula is C8H16N4. The average molecular weight is 168 g/mol. The van der Waals surface area contributed by atoms with Crippen LogP contribution in [0.2, 0.25) is 0 Å². The van der Waals surface area contributed by atoms with Gasteiger partial charge in [-0.1, -0.05) is 11.3 Å². The van der Waals surface area contributed by atoms with E-state index in [9.17, 15) is 0 Å². The van der Waals surface area contributed by atoms with Crippen molar-refractivity contribution in [3.63, 3.8) is 0 Å². The number of nitrogens with one attached hydrogen (secondary N) is 2. The average Bonchev–Trinajstić information content (AvgIpc) is 2.15. The summed E-state index contributed by atoms with van der Waals surface area (Å²) in [5, 5.41) is 8.49. The minimum atomic E-state index is 0.417. The van der Waals surface area contributed by atoms with Crippen molar-refractivity contribution in [2.45, 2.75) is 25.8 Å². The summed E-state index contributed by atoms with van der Waals surface area (Å²) in [5.74, 6) is 0. The van der Waals surface area contributed by atoms with Crippen LogP contribution < -0.4 is 5.32 Å². The van der Waals surface area contributed by atoms with E-state index in [1.807, 2.05) is 19.2 Å². The van der Waals surface area contributed by atoms with Crippen molar-refractivity contribution >= 4 is 0 Å². The van der Waals surface area contributed by atoms with Gasteiger partial charge in [0.1, 0.15) is 0 Å². The number of hydrogen-bond donors (Lipinski definition) is 2. The fourth-order valence-electron chi connectivity index (χ4n) is 1.46. The smallest absolute Gasteiger partial charge is 0.0560 e. The molecule has 0 aromatic carbocycles. The van der Waals surface area contributed by atoms with Crippen LogP contribution in [0.25, 0.3) is 0 Å². The number of piperidine rings is 1. The first-order valence-corrected chi connectivity index (χ1v) is 4.37. The van der Waals surface area contributed by atoms with Crippen LogP contribution in [0.3, 0.4) is 0 Å². The lowest BCUT2D eigenvalue weighted by Crippen LogP contribution is -2.38. The highest BCUT2D eigenvalue weighted by atomic mass is 15.5. The monoisotopic (exact) mass is 168 g/mol. The normalized spacial score (nSPS) is 19.8. The van der Waals surface area contributed by atoms with E-state index in [0.29, 0.717) is 6.04 Å². The number of hydrogen-bond acceptors (Lipinski definition) is 3. The van der Waals surface area contributed by atoms with Crippen LogP contribution in [0.5, 0.6) is 0 Å². The maximum Gasteiger partial charge on any atom is 0.0560 e. The molecule has 0 unspecified atom stereocenters. The molecule has 1 heterocycles. The Morgan fingerprint density at radius 3 is 2.67 bits per heavy atom. The molecule has 4 heteroatoms. The van der Waals surface area contributed by atoms with Gasteiger partial charge in [-0.25, -0.2) is 0 Å². The standard InChI is InChI=1S/C8H16N4/c1-2-7-12(11-9)8-3-5-10-6-4-8/h2,7-10H,3-6H2,1H3. The van der Waals surface area contributed by atoms with E-state index in [0.717, 1.165) is 25.9 Å². The van der Waals surface area contributed by atoms with Gasteiger partial charge in [0.25, 0.3) is 0 Å². The summed E-state index contributed by atoms with van der Waals surface area (Å²) in [7, 11) is 0. The van der Waals surface area contributed by atoms with Gasteiger partial charge >= 0.3 is 0 Å². The molecule has 2 N–H and O–H groups in total. The van der Waals surface area contributed by atoms with Gasteiger partial charge in [-0.05, 0) is 32.9 Å². The van der Waals surface area contributed by atoms with Crippen LogP contribution in [0.4, 0.5) is 0 Å². The van der Waals surface area contributed by atoms with E-state index < -0.39 is 0 Å². The van der Waals surface area contributed by atoms with Crippen LogP contribution in [0.1, 0.15) is 19.8 Å². The van der Waals surface area contributed by atoms with E-state index in [1.165, 1.54) is 0 Å². The Morgan fingerprint density at radius 2 is 2.17 bits per heavy atom. The summed E-state index contributed by atoms with van der Waals surface area (Å²) in [6, 6.07) is 0.417. The Kier molecular flexibility index (Phi) is 3.73. The quantitative estimate of drug-likeness (QED) is 0.496. The van der Waals surface area contributed by atoms with Crippen molar-refractivity contribution < 1.29 is 0 Å². The van der Waals surface area contributed by atoms with Crippen LogP contribution >= 0.6 is 0 Å². The van der Waals surface area contributed by atoms with Crippen molar-refractivity contribution in [2.75, 3.05) is 13.1 Å². The van der Waals surface area contributed by atoms with Gasteiger partial charge in [0.05, 0.1) is 6.04 Å². The maximum absolute atomic E-state index is 6.98. The number of allylic oxidation sites excluding steroid dienone is 1. The largest absolute Gasteiger partial charge is 0.317 e. The summed E-state index contributed by atoms with van der Waals surface area (Å²) in [5.41, 5.74) is 6.98. The van der Waals surface area contributed by atoms with Gasteiger partial charge in [0.15, 0.2) is 0 Å². The number of nitrogens with zero attached hydrogens (tertiary/aromatic N) is 2. The molecule has 0 radical (unpaired) electrons. The van der Waals surface area contributed by atoms with Gasteiger partial charge in [-0.3, -0.25) is 5.01 Å². The molecule has 1 aliphatic heterocycles. The highest BCUT2D eigenvalue weighted by molar-refractivity contribution is 4.84. The van der Waals surface area contributed by atoms with E-state index in [2.05, 4.69) is 10.5 Å². The Hall–Kier alpha value is -0.900. The Balaban J connectivity index is 2.45. The summed E-state index contributed by atoms with van der Waals surface area (Å²) in [6.45, 7) is 4.02. The van der Waals surface area contributed by atoms with E-state index in [1.54, 1.807) is 5.01 Å². The predicted molar refractivity (Wildman–Crippen MR) is 47.7 cm³/mol. The Bertz CT molecular complexity index is 160. The predicted octanol–water partition coefficient (Wildman–Crippen LogP) is 1.52. The molecule has 1 rings (SSSR count). The lowest BCUT2D eigenvalue weighted by Gasteiger charge is -2.28. The molecule has 68 valence electrons. The third kappa shape index (κ3) is 2.30. The van der Waals surface area contributed by atoms with E-state index >= 15 is 0 Å². The second kappa shape index (κ2) is 4.87. The van der Waals surface area contributed by atoms with Gasteiger partial charge in [0, 0.05) is 6.20 Å². The minimum absolute atomic E-state index is 0.417. The molecule has 1 aliphatic rings. The zero-order valence-corrected chi connectivity index (χ0v) is 7.45. The molecule has 0 bridgehead atoms. The van der Waals surface area contributed by atoms with E-state index in [4.69, 9.17) is 5.53 Å². The molecule has 0 spiro atoms. The van der Waals surface area contributed by atoms with Crippen molar-refractivity contribution in [1.82, 2.24) is 10.3 Å². The van der Waals surface area contributed by atoms with Gasteiger partial charge in [-0.15, -0.1) is 0 Å². The summed E-state index contributed by atoms with van der Waals surface area (Å²) in [4.78, 5) is 0. The summed E-state index contributed by atoms with van der Waals surface area (Å²) in [6.07, 6.45) is 5.93. The zero-order chi connectivity index (χ0) is 8.81. The first-order chi connectivity index (χ1) is 5.88. The fourth-order valence-corrected chi connectivity index (χ4v) is 1.46. The minimum Gasteiger partial charge on any atom is -0.317 e. The van der Waals surface area contributed by atoms with Gasteiger partial charge in [-0.2, -0.15) is 5.53 Å². The molecule has 0 saturated carbocycles. The third-order valence-electron chi connectivity index (χ3n) is 2.10. The highest BCUT2D eigenvalue weighted by Crippen LogP contribution is 2.12. The molecule has 1 saturated heterocycles. The van der Waals surface area contributed by atoms with Crippen LogP contribution in [-0.2, 0) is 0 Å². The Morgan fingerprint density at radius 1 is 1.50 bits per heavy atom. The molecular weight excluding hydrogens is 152 g/mol. The van der Waals surface area contributed by atoms with Crippen molar-refractivity contribution in [1.29, 1.82) is 5.53 Å². The SMILES string of the molecule is CC=CN(N=N)C1CCNCC1. The van der Waals surface area contributed by atoms with Crippen molar-refractivity contribution in [3.8, 4) is 0 Å². The van der Waals surface area contributed by atoms with Gasteiger partial charge in [0.2, 0.25) is 0 Å². The lowest BCUT2D eigenvalue weighted by molar-refractivity contribution is 0.215. The zero-order valence-electron chi connectivity index (χ0n) is 7.45. The fraction of sp³-hybridized carbons (Fsp3) is 0.750. The molecule has 0 atom stereocenters. The molecule has 0 amide bonds. The maximum atomic E-state index is 6.98. The Labute approximate surface area is 73.1 Å². The van der Waals surface area contributed by atoms with E-state index in [-0.39, 0.29) is 0 Å². The van der Waals surface area contributed by atoms with Gasteiger partial charge < -0.3 is 5.32 Å². The molecule has 12 heavy (non-hydrogen) atoms.